The zero-order chi connectivity index (χ0) is 23.2. The summed E-state index contributed by atoms with van der Waals surface area (Å²) in [4.78, 5) is 18.7. The second-order valence-electron chi connectivity index (χ2n) is 8.12. The summed E-state index contributed by atoms with van der Waals surface area (Å²) in [5, 5.41) is 0.733. The highest BCUT2D eigenvalue weighted by Crippen LogP contribution is 2.30. The van der Waals surface area contributed by atoms with Gasteiger partial charge >= 0.3 is 0 Å². The van der Waals surface area contributed by atoms with E-state index >= 15 is 0 Å². The number of hydrogen-bond acceptors (Lipinski definition) is 4. The molecule has 0 atom stereocenters. The van der Waals surface area contributed by atoms with Gasteiger partial charge in [-0.15, -0.1) is 11.8 Å². The first-order valence-corrected chi connectivity index (χ1v) is 12.6. The van der Waals surface area contributed by atoms with E-state index in [-0.39, 0.29) is 5.91 Å². The van der Waals surface area contributed by atoms with Crippen LogP contribution in [0.5, 0.6) is 5.75 Å². The minimum Gasteiger partial charge on any atom is -0.494 e. The molecule has 1 fully saturated rings. The highest BCUT2D eigenvalue weighted by molar-refractivity contribution is 7.98. The van der Waals surface area contributed by atoms with Crippen molar-refractivity contribution in [3.63, 3.8) is 0 Å². The summed E-state index contributed by atoms with van der Waals surface area (Å²) in [5.41, 5.74) is 4.11. The molecule has 1 heterocycles. The number of aryl methyl sites for hydroxylation is 1. The molecule has 0 N–H and O–H groups in total. The van der Waals surface area contributed by atoms with Crippen molar-refractivity contribution in [1.29, 1.82) is 0 Å². The van der Waals surface area contributed by atoms with Gasteiger partial charge in [0.25, 0.3) is 5.91 Å². The molecular weight excluding hydrogens is 452 g/mol. The Hall–Kier alpha value is -2.63. The molecule has 4 nitrogen and oxygen atoms in total. The largest absolute Gasteiger partial charge is 0.494 e. The van der Waals surface area contributed by atoms with E-state index in [2.05, 4.69) is 42.2 Å². The molecule has 3 aromatic carbocycles. The molecule has 0 radical (unpaired) electrons. The van der Waals surface area contributed by atoms with Crippen molar-refractivity contribution in [3.05, 3.63) is 88.4 Å². The van der Waals surface area contributed by atoms with Gasteiger partial charge in [-0.3, -0.25) is 4.79 Å². The number of hydrogen-bond donors (Lipinski definition) is 0. The van der Waals surface area contributed by atoms with Crippen LogP contribution in [-0.4, -0.2) is 43.6 Å². The number of rotatable bonds is 7. The van der Waals surface area contributed by atoms with Gasteiger partial charge < -0.3 is 14.5 Å². The van der Waals surface area contributed by atoms with Crippen LogP contribution in [0.3, 0.4) is 0 Å². The quantitative estimate of drug-likeness (QED) is 0.371. The number of carbonyl (C=O) groups is 1. The molecule has 33 heavy (non-hydrogen) atoms. The zero-order valence-corrected chi connectivity index (χ0v) is 20.7. The Bertz CT molecular complexity index is 1100. The Balaban J connectivity index is 1.43. The first-order chi connectivity index (χ1) is 16.0. The number of halogens is 1. The Morgan fingerprint density at radius 1 is 1.00 bits per heavy atom. The van der Waals surface area contributed by atoms with Gasteiger partial charge in [0.15, 0.2) is 0 Å². The van der Waals surface area contributed by atoms with E-state index in [0.717, 1.165) is 40.9 Å². The van der Waals surface area contributed by atoms with Crippen LogP contribution in [0.25, 0.3) is 0 Å². The summed E-state index contributed by atoms with van der Waals surface area (Å²) < 4.78 is 5.84. The SMILES string of the molecule is CCOc1ccc(C(=O)N2CCN(c3cccc(Cl)c3)CC2)cc1CSc1ccc(C)cc1. The van der Waals surface area contributed by atoms with Crippen LogP contribution < -0.4 is 9.64 Å². The third kappa shape index (κ3) is 6.04. The van der Waals surface area contributed by atoms with Crippen LogP contribution in [0.1, 0.15) is 28.4 Å². The molecule has 3 aromatic rings. The van der Waals surface area contributed by atoms with Crippen molar-refractivity contribution < 1.29 is 9.53 Å². The normalized spacial score (nSPS) is 13.8. The Kier molecular flexibility index (Phi) is 7.84. The lowest BCUT2D eigenvalue weighted by Crippen LogP contribution is -2.48. The van der Waals surface area contributed by atoms with Crippen molar-refractivity contribution in [3.8, 4) is 5.75 Å². The smallest absolute Gasteiger partial charge is 0.253 e. The number of piperazine rings is 1. The first-order valence-electron chi connectivity index (χ1n) is 11.3. The molecule has 0 aromatic heterocycles. The van der Waals surface area contributed by atoms with Gasteiger partial charge in [0, 0.05) is 58.7 Å². The summed E-state index contributed by atoms with van der Waals surface area (Å²) in [7, 11) is 0. The molecule has 1 saturated heterocycles. The molecule has 0 bridgehead atoms. The minimum atomic E-state index is 0.0744. The highest BCUT2D eigenvalue weighted by atomic mass is 35.5. The van der Waals surface area contributed by atoms with Crippen LogP contribution >= 0.6 is 23.4 Å². The summed E-state index contributed by atoms with van der Waals surface area (Å²) >= 11 is 7.90. The van der Waals surface area contributed by atoms with Crippen LogP contribution in [0.15, 0.2) is 71.6 Å². The number of carbonyl (C=O) groups excluding carboxylic acids is 1. The molecule has 172 valence electrons. The van der Waals surface area contributed by atoms with Crippen molar-refractivity contribution in [2.45, 2.75) is 24.5 Å². The van der Waals surface area contributed by atoms with E-state index in [9.17, 15) is 4.79 Å². The monoisotopic (exact) mass is 480 g/mol. The van der Waals surface area contributed by atoms with Crippen LogP contribution in [-0.2, 0) is 5.75 Å². The maximum Gasteiger partial charge on any atom is 0.253 e. The second-order valence-corrected chi connectivity index (χ2v) is 9.60. The van der Waals surface area contributed by atoms with Crippen LogP contribution in [0.4, 0.5) is 5.69 Å². The lowest BCUT2D eigenvalue weighted by atomic mass is 10.1. The maximum absolute atomic E-state index is 13.3. The average molecular weight is 481 g/mol. The Labute approximate surface area is 205 Å². The lowest BCUT2D eigenvalue weighted by Gasteiger charge is -2.36. The van der Waals surface area contributed by atoms with E-state index < -0.39 is 0 Å². The summed E-state index contributed by atoms with van der Waals surface area (Å²) in [6, 6.07) is 22.2. The number of nitrogens with zero attached hydrogens (tertiary/aromatic N) is 2. The minimum absolute atomic E-state index is 0.0744. The molecule has 1 aliphatic rings. The summed E-state index contributed by atoms with van der Waals surface area (Å²) in [5.74, 6) is 1.67. The van der Waals surface area contributed by atoms with Gasteiger partial charge in [0.2, 0.25) is 0 Å². The predicted octanol–water partition coefficient (Wildman–Crippen LogP) is 6.30. The van der Waals surface area contributed by atoms with Gasteiger partial charge in [-0.05, 0) is 62.4 Å². The molecule has 0 saturated carbocycles. The molecule has 1 aliphatic heterocycles. The highest BCUT2D eigenvalue weighted by Gasteiger charge is 2.23. The predicted molar refractivity (Wildman–Crippen MR) is 138 cm³/mol. The maximum atomic E-state index is 13.3. The van der Waals surface area contributed by atoms with Crippen LogP contribution in [0, 0.1) is 6.92 Å². The van der Waals surface area contributed by atoms with E-state index in [1.54, 1.807) is 11.8 Å². The van der Waals surface area contributed by atoms with Crippen LogP contribution in [0.2, 0.25) is 5.02 Å². The van der Waals surface area contributed by atoms with Crippen molar-refractivity contribution in [1.82, 2.24) is 4.90 Å². The molecular formula is C27H29ClN2O2S. The summed E-state index contributed by atoms with van der Waals surface area (Å²) in [6.45, 7) is 7.62. The second kappa shape index (κ2) is 11.0. The molecule has 0 spiro atoms. The van der Waals surface area contributed by atoms with Gasteiger partial charge in [-0.1, -0.05) is 35.4 Å². The topological polar surface area (TPSA) is 32.8 Å². The number of ether oxygens (including phenoxy) is 1. The van der Waals surface area contributed by atoms with E-state index in [1.807, 2.05) is 48.2 Å². The average Bonchev–Trinajstić information content (AvgIpc) is 2.84. The van der Waals surface area contributed by atoms with Crippen molar-refractivity contribution in [2.75, 3.05) is 37.7 Å². The lowest BCUT2D eigenvalue weighted by molar-refractivity contribution is 0.0746. The van der Waals surface area contributed by atoms with Crippen molar-refractivity contribution in [2.24, 2.45) is 0 Å². The molecule has 6 heteroatoms. The molecule has 1 amide bonds. The zero-order valence-electron chi connectivity index (χ0n) is 19.1. The molecule has 0 unspecified atom stereocenters. The van der Waals surface area contributed by atoms with Gasteiger partial charge in [0.1, 0.15) is 5.75 Å². The third-order valence-electron chi connectivity index (χ3n) is 5.76. The van der Waals surface area contributed by atoms with Gasteiger partial charge in [-0.25, -0.2) is 0 Å². The van der Waals surface area contributed by atoms with E-state index in [1.165, 1.54) is 10.5 Å². The molecule has 0 aliphatic carbocycles. The van der Waals surface area contributed by atoms with Gasteiger partial charge in [0.05, 0.1) is 6.61 Å². The Morgan fingerprint density at radius 3 is 2.45 bits per heavy atom. The fourth-order valence-electron chi connectivity index (χ4n) is 3.94. The first kappa shape index (κ1) is 23.5. The van der Waals surface area contributed by atoms with Crippen molar-refractivity contribution >= 4 is 35.0 Å². The van der Waals surface area contributed by atoms with E-state index in [0.29, 0.717) is 25.3 Å². The van der Waals surface area contributed by atoms with E-state index in [4.69, 9.17) is 16.3 Å². The number of amides is 1. The fraction of sp³-hybridized carbons (Fsp3) is 0.296. The number of thioether (sulfide) groups is 1. The third-order valence-corrected chi connectivity index (χ3v) is 7.06. The fourth-order valence-corrected chi connectivity index (χ4v) is 5.00. The standard InChI is InChI=1S/C27H29ClN2O2S/c1-3-32-26-12-9-21(17-22(26)19-33-25-10-7-20(2)8-11-25)27(31)30-15-13-29(14-16-30)24-6-4-5-23(28)18-24/h4-12,17-18H,3,13-16,19H2,1-2H3. The van der Waals surface area contributed by atoms with Gasteiger partial charge in [-0.2, -0.15) is 0 Å². The molecule has 4 rings (SSSR count). The summed E-state index contributed by atoms with van der Waals surface area (Å²) in [6.07, 6.45) is 0. The number of benzene rings is 3. The number of anilines is 1. The Morgan fingerprint density at radius 2 is 1.76 bits per heavy atom.